The maximum absolute atomic E-state index is 5.81. The van der Waals surface area contributed by atoms with Crippen molar-refractivity contribution in [3.63, 3.8) is 0 Å². The topological polar surface area (TPSA) is 65.4 Å². The zero-order valence-electron chi connectivity index (χ0n) is 7.57. The molecular weight excluding hydrogens is 204 g/mol. The van der Waals surface area contributed by atoms with E-state index in [1.54, 1.807) is 23.9 Å². The number of ether oxygens (including phenoxy) is 1. The minimum Gasteiger partial charge on any atom is -0.396 e. The first-order valence-electron chi connectivity index (χ1n) is 4.00. The van der Waals surface area contributed by atoms with Crippen LogP contribution in [0, 0.1) is 0 Å². The predicted octanol–water partition coefficient (Wildman–Crippen LogP) is 1.11. The normalized spacial score (nSPS) is 11.0. The fourth-order valence-electron chi connectivity index (χ4n) is 1.21. The van der Waals surface area contributed by atoms with Crippen molar-refractivity contribution in [3.8, 4) is 0 Å². The summed E-state index contributed by atoms with van der Waals surface area (Å²) < 4.78 is 6.46. The molecule has 0 aromatic carbocycles. The first-order chi connectivity index (χ1) is 6.70. The molecule has 0 radical (unpaired) electrons. The lowest BCUT2D eigenvalue weighted by Gasteiger charge is -1.95. The summed E-state index contributed by atoms with van der Waals surface area (Å²) in [5, 5.41) is 4.67. The van der Waals surface area contributed by atoms with E-state index < -0.39 is 0 Å². The van der Waals surface area contributed by atoms with Crippen LogP contribution in [0.3, 0.4) is 0 Å². The van der Waals surface area contributed by atoms with E-state index in [0.717, 1.165) is 0 Å². The van der Waals surface area contributed by atoms with Crippen LogP contribution in [-0.2, 0) is 11.3 Å². The third-order valence-corrected chi connectivity index (χ3v) is 1.95. The lowest BCUT2D eigenvalue weighted by Crippen LogP contribution is -1.93. The highest BCUT2D eigenvalue weighted by atomic mass is 35.5. The van der Waals surface area contributed by atoms with Gasteiger partial charge in [-0.15, -0.1) is 5.10 Å². The summed E-state index contributed by atoms with van der Waals surface area (Å²) >= 11 is 5.81. The number of halogens is 1. The molecule has 0 unspecified atom stereocenters. The zero-order valence-corrected chi connectivity index (χ0v) is 8.32. The average molecular weight is 213 g/mol. The molecule has 0 saturated carbocycles. The van der Waals surface area contributed by atoms with Gasteiger partial charge in [-0.3, -0.25) is 0 Å². The fraction of sp³-hybridized carbons (Fsp3) is 0.250. The molecule has 74 valence electrons. The average Bonchev–Trinajstić information content (AvgIpc) is 2.48. The lowest BCUT2D eigenvalue weighted by atomic mass is 10.4. The molecule has 0 atom stereocenters. The first kappa shape index (κ1) is 9.23. The lowest BCUT2D eigenvalue weighted by molar-refractivity contribution is 0.178. The summed E-state index contributed by atoms with van der Waals surface area (Å²) in [5.74, 6) is 0.585. The van der Waals surface area contributed by atoms with Gasteiger partial charge in [-0.05, 0) is 6.07 Å². The Labute approximate surface area is 85.4 Å². The van der Waals surface area contributed by atoms with Crippen molar-refractivity contribution in [1.29, 1.82) is 0 Å². The van der Waals surface area contributed by atoms with E-state index in [1.807, 2.05) is 0 Å². The van der Waals surface area contributed by atoms with Crippen LogP contribution in [-0.4, -0.2) is 21.7 Å². The molecule has 0 spiro atoms. The number of fused-ring (bicyclic) bond motifs is 1. The van der Waals surface area contributed by atoms with Crippen LogP contribution in [0.2, 0.25) is 5.02 Å². The van der Waals surface area contributed by atoms with Crippen molar-refractivity contribution in [1.82, 2.24) is 14.6 Å². The van der Waals surface area contributed by atoms with Gasteiger partial charge in [0.2, 0.25) is 0 Å². The Bertz CT molecular complexity index is 468. The molecule has 0 fully saturated rings. The first-order valence-corrected chi connectivity index (χ1v) is 4.37. The maximum Gasteiger partial charge on any atom is 0.178 e. The SMILES string of the molecule is COCc1nc2c(N)cc(Cl)cn2n1. The van der Waals surface area contributed by atoms with E-state index in [4.69, 9.17) is 22.1 Å². The van der Waals surface area contributed by atoms with Crippen LogP contribution in [0.1, 0.15) is 5.82 Å². The van der Waals surface area contributed by atoms with E-state index in [0.29, 0.717) is 28.8 Å². The number of nitrogens with two attached hydrogens (primary N) is 1. The van der Waals surface area contributed by atoms with Gasteiger partial charge in [0, 0.05) is 13.3 Å². The van der Waals surface area contributed by atoms with Gasteiger partial charge >= 0.3 is 0 Å². The Morgan fingerprint density at radius 3 is 3.14 bits per heavy atom. The number of methoxy groups -OCH3 is 1. The number of pyridine rings is 1. The second-order valence-electron chi connectivity index (χ2n) is 2.84. The Hall–Kier alpha value is -1.33. The van der Waals surface area contributed by atoms with Crippen LogP contribution in [0.15, 0.2) is 12.3 Å². The van der Waals surface area contributed by atoms with Gasteiger partial charge in [0.15, 0.2) is 11.5 Å². The summed E-state index contributed by atoms with van der Waals surface area (Å²) in [7, 11) is 1.59. The van der Waals surface area contributed by atoms with Crippen molar-refractivity contribution in [2.24, 2.45) is 0 Å². The summed E-state index contributed by atoms with van der Waals surface area (Å²) in [6.07, 6.45) is 1.65. The quantitative estimate of drug-likeness (QED) is 0.810. The summed E-state index contributed by atoms with van der Waals surface area (Å²) in [6.45, 7) is 0.360. The highest BCUT2D eigenvalue weighted by Crippen LogP contribution is 2.17. The second kappa shape index (κ2) is 3.43. The van der Waals surface area contributed by atoms with Gasteiger partial charge in [-0.2, -0.15) is 0 Å². The minimum atomic E-state index is 0.360. The molecule has 0 amide bonds. The Morgan fingerprint density at radius 1 is 1.64 bits per heavy atom. The van der Waals surface area contributed by atoms with Crippen molar-refractivity contribution in [3.05, 3.63) is 23.1 Å². The van der Waals surface area contributed by atoms with Crippen LogP contribution in [0.25, 0.3) is 5.65 Å². The third kappa shape index (κ3) is 1.51. The summed E-state index contributed by atoms with van der Waals surface area (Å²) in [5.41, 5.74) is 6.82. The van der Waals surface area contributed by atoms with E-state index in [9.17, 15) is 0 Å². The van der Waals surface area contributed by atoms with Crippen LogP contribution < -0.4 is 5.73 Å². The number of anilines is 1. The van der Waals surface area contributed by atoms with E-state index in [1.165, 1.54) is 0 Å². The molecule has 0 saturated heterocycles. The number of hydrogen-bond donors (Lipinski definition) is 1. The molecule has 6 heteroatoms. The largest absolute Gasteiger partial charge is 0.396 e. The maximum atomic E-state index is 5.81. The molecule has 2 N–H and O–H groups in total. The molecular formula is C8H9ClN4O. The smallest absolute Gasteiger partial charge is 0.178 e. The van der Waals surface area contributed by atoms with Crippen molar-refractivity contribution in [2.75, 3.05) is 12.8 Å². The Balaban J connectivity index is 2.58. The highest BCUT2D eigenvalue weighted by Gasteiger charge is 2.06. The molecule has 0 aliphatic rings. The van der Waals surface area contributed by atoms with Crippen LogP contribution in [0.5, 0.6) is 0 Å². The van der Waals surface area contributed by atoms with E-state index in [-0.39, 0.29) is 0 Å². The molecule has 0 aliphatic carbocycles. The van der Waals surface area contributed by atoms with Gasteiger partial charge in [-0.1, -0.05) is 11.6 Å². The number of aromatic nitrogens is 3. The highest BCUT2D eigenvalue weighted by molar-refractivity contribution is 6.30. The van der Waals surface area contributed by atoms with Crippen LogP contribution >= 0.6 is 11.6 Å². The second-order valence-corrected chi connectivity index (χ2v) is 3.28. The molecule has 5 nitrogen and oxygen atoms in total. The number of hydrogen-bond acceptors (Lipinski definition) is 4. The molecule has 2 aromatic heterocycles. The fourth-order valence-corrected chi connectivity index (χ4v) is 1.42. The van der Waals surface area contributed by atoms with Gasteiger partial charge in [0.1, 0.15) is 6.61 Å². The molecule has 2 rings (SSSR count). The Kier molecular flexibility index (Phi) is 2.26. The van der Waals surface area contributed by atoms with E-state index in [2.05, 4.69) is 10.1 Å². The number of rotatable bonds is 2. The number of nitrogens with zero attached hydrogens (tertiary/aromatic N) is 3. The molecule has 0 aliphatic heterocycles. The van der Waals surface area contributed by atoms with Crippen molar-refractivity contribution >= 4 is 22.9 Å². The molecule has 0 bridgehead atoms. The van der Waals surface area contributed by atoms with Crippen LogP contribution in [0.4, 0.5) is 5.69 Å². The summed E-state index contributed by atoms with van der Waals surface area (Å²) in [4.78, 5) is 4.19. The van der Waals surface area contributed by atoms with Crippen molar-refractivity contribution in [2.45, 2.75) is 6.61 Å². The predicted molar refractivity (Wildman–Crippen MR) is 53.1 cm³/mol. The summed E-state index contributed by atoms with van der Waals surface area (Å²) in [6, 6.07) is 1.64. The van der Waals surface area contributed by atoms with Gasteiger partial charge in [0.25, 0.3) is 0 Å². The zero-order chi connectivity index (χ0) is 10.1. The molecule has 2 heterocycles. The molecule has 14 heavy (non-hydrogen) atoms. The van der Waals surface area contributed by atoms with Gasteiger partial charge in [-0.25, -0.2) is 9.50 Å². The monoisotopic (exact) mass is 212 g/mol. The van der Waals surface area contributed by atoms with Crippen molar-refractivity contribution < 1.29 is 4.74 Å². The third-order valence-electron chi connectivity index (χ3n) is 1.75. The molecule has 2 aromatic rings. The minimum absolute atomic E-state index is 0.360. The standard InChI is InChI=1S/C8H9ClN4O/c1-14-4-7-11-8-6(10)2-5(9)3-13(8)12-7/h2-3H,4,10H2,1H3. The number of nitrogen functional groups attached to an aromatic ring is 1. The Morgan fingerprint density at radius 2 is 2.43 bits per heavy atom. The van der Waals surface area contributed by atoms with Gasteiger partial charge in [0.05, 0.1) is 10.7 Å². The van der Waals surface area contributed by atoms with Gasteiger partial charge < -0.3 is 10.5 Å². The van der Waals surface area contributed by atoms with E-state index >= 15 is 0 Å².